The number of aromatic nitrogens is 2. The Morgan fingerprint density at radius 1 is 1.43 bits per heavy atom. The molecular formula is C12H18N4O3S2. The number of thiazole rings is 1. The van der Waals surface area contributed by atoms with Crippen LogP contribution in [0.3, 0.4) is 0 Å². The fourth-order valence-electron chi connectivity index (χ4n) is 2.38. The molecular weight excluding hydrogens is 312 g/mol. The number of nitrogens with one attached hydrogen (secondary N) is 1. The van der Waals surface area contributed by atoms with Gasteiger partial charge in [-0.3, -0.25) is 4.40 Å². The van der Waals surface area contributed by atoms with E-state index in [4.69, 9.17) is 4.74 Å². The lowest BCUT2D eigenvalue weighted by molar-refractivity contribution is 0.148. The minimum Gasteiger partial charge on any atom is -0.380 e. The molecule has 21 heavy (non-hydrogen) atoms. The molecule has 0 amide bonds. The lowest BCUT2D eigenvalue weighted by Gasteiger charge is -2.19. The van der Waals surface area contributed by atoms with E-state index in [9.17, 15) is 8.42 Å². The predicted octanol–water partition coefficient (Wildman–Crippen LogP) is 1.24. The van der Waals surface area contributed by atoms with E-state index in [0.29, 0.717) is 50.0 Å². The molecule has 1 aliphatic rings. The van der Waals surface area contributed by atoms with Gasteiger partial charge in [0.2, 0.25) is 0 Å². The Balaban J connectivity index is 2.07. The summed E-state index contributed by atoms with van der Waals surface area (Å²) in [6, 6.07) is 0. The van der Waals surface area contributed by atoms with E-state index >= 15 is 0 Å². The molecule has 0 spiro atoms. The Labute approximate surface area is 127 Å². The van der Waals surface area contributed by atoms with Crippen LogP contribution in [0.1, 0.15) is 13.3 Å². The van der Waals surface area contributed by atoms with Crippen molar-refractivity contribution in [2.45, 2.75) is 18.4 Å². The highest BCUT2D eigenvalue weighted by Gasteiger charge is 2.32. The van der Waals surface area contributed by atoms with E-state index in [-0.39, 0.29) is 5.03 Å². The van der Waals surface area contributed by atoms with Crippen molar-refractivity contribution in [2.24, 2.45) is 0 Å². The van der Waals surface area contributed by atoms with Crippen molar-refractivity contribution >= 4 is 32.1 Å². The molecule has 2 aromatic rings. The second-order valence-electron chi connectivity index (χ2n) is 4.72. The summed E-state index contributed by atoms with van der Waals surface area (Å²) in [4.78, 5) is 5.06. The van der Waals surface area contributed by atoms with E-state index in [2.05, 4.69) is 10.3 Å². The predicted molar refractivity (Wildman–Crippen MR) is 81.4 cm³/mol. The van der Waals surface area contributed by atoms with Crippen LogP contribution in [0.15, 0.2) is 16.6 Å². The molecule has 0 unspecified atom stereocenters. The summed E-state index contributed by atoms with van der Waals surface area (Å²) in [7, 11) is -3.59. The molecule has 0 atom stereocenters. The van der Waals surface area contributed by atoms with Crippen LogP contribution in [0.4, 0.5) is 5.82 Å². The van der Waals surface area contributed by atoms with E-state index in [0.717, 1.165) is 0 Å². The third-order valence-corrected chi connectivity index (χ3v) is 6.01. The second-order valence-corrected chi connectivity index (χ2v) is 7.45. The number of sulfonamides is 1. The summed E-state index contributed by atoms with van der Waals surface area (Å²) in [5.74, 6) is 0.425. The van der Waals surface area contributed by atoms with Gasteiger partial charge in [0.05, 0.1) is 6.61 Å². The first kappa shape index (κ1) is 14.8. The molecule has 0 aliphatic carbocycles. The molecule has 1 N–H and O–H groups in total. The summed E-state index contributed by atoms with van der Waals surface area (Å²) >= 11 is 1.42. The fourth-order valence-corrected chi connectivity index (χ4v) is 4.84. The van der Waals surface area contributed by atoms with Crippen molar-refractivity contribution in [3.63, 3.8) is 0 Å². The van der Waals surface area contributed by atoms with E-state index in [1.54, 1.807) is 10.6 Å². The van der Waals surface area contributed by atoms with Crippen molar-refractivity contribution in [2.75, 3.05) is 38.2 Å². The smallest absolute Gasteiger partial charge is 0.262 e. The van der Waals surface area contributed by atoms with Gasteiger partial charge in [0.15, 0.2) is 15.8 Å². The number of hydrogen-bond acceptors (Lipinski definition) is 6. The summed E-state index contributed by atoms with van der Waals surface area (Å²) in [6.45, 7) is 4.43. The normalized spacial score (nSPS) is 18.0. The summed E-state index contributed by atoms with van der Waals surface area (Å²) in [5, 5.41) is 5.11. The molecule has 0 saturated carbocycles. The molecule has 3 rings (SSSR count). The first-order chi connectivity index (χ1) is 10.1. The van der Waals surface area contributed by atoms with Crippen molar-refractivity contribution in [3.05, 3.63) is 11.6 Å². The number of hydrogen-bond donors (Lipinski definition) is 1. The Bertz CT molecular complexity index is 714. The number of rotatable bonds is 4. The lowest BCUT2D eigenvalue weighted by atomic mass is 10.5. The summed E-state index contributed by atoms with van der Waals surface area (Å²) < 4.78 is 34.4. The van der Waals surface area contributed by atoms with Crippen LogP contribution >= 0.6 is 11.3 Å². The molecule has 3 heterocycles. The first-order valence-electron chi connectivity index (χ1n) is 6.92. The largest absolute Gasteiger partial charge is 0.380 e. The zero-order chi connectivity index (χ0) is 14.9. The van der Waals surface area contributed by atoms with Gasteiger partial charge in [-0.1, -0.05) is 0 Å². The van der Waals surface area contributed by atoms with Crippen molar-refractivity contribution in [1.82, 2.24) is 13.7 Å². The van der Waals surface area contributed by atoms with Crippen LogP contribution in [-0.2, 0) is 14.8 Å². The lowest BCUT2D eigenvalue weighted by Crippen LogP contribution is -2.34. The second kappa shape index (κ2) is 5.91. The maximum absolute atomic E-state index is 13.0. The zero-order valence-electron chi connectivity index (χ0n) is 11.8. The van der Waals surface area contributed by atoms with Gasteiger partial charge >= 0.3 is 0 Å². The van der Waals surface area contributed by atoms with Gasteiger partial charge in [-0.2, -0.15) is 4.31 Å². The first-order valence-corrected chi connectivity index (χ1v) is 9.24. The van der Waals surface area contributed by atoms with Crippen LogP contribution in [0.25, 0.3) is 4.96 Å². The zero-order valence-corrected chi connectivity index (χ0v) is 13.4. The van der Waals surface area contributed by atoms with E-state index in [1.807, 2.05) is 12.3 Å². The monoisotopic (exact) mass is 330 g/mol. The Kier molecular flexibility index (Phi) is 4.16. The molecule has 7 nitrogen and oxygen atoms in total. The maximum atomic E-state index is 13.0. The average Bonchev–Trinajstić information content (AvgIpc) is 2.88. The van der Waals surface area contributed by atoms with Gasteiger partial charge in [0.25, 0.3) is 10.0 Å². The molecule has 0 aromatic carbocycles. The minimum absolute atomic E-state index is 0.225. The van der Waals surface area contributed by atoms with E-state index < -0.39 is 10.0 Å². The van der Waals surface area contributed by atoms with Gasteiger partial charge in [0, 0.05) is 37.8 Å². The molecule has 0 bridgehead atoms. The molecule has 116 valence electrons. The molecule has 1 aliphatic heterocycles. The van der Waals surface area contributed by atoms with Crippen LogP contribution in [0.2, 0.25) is 0 Å². The number of ether oxygens (including phenoxy) is 1. The quantitative estimate of drug-likeness (QED) is 0.913. The number of anilines is 1. The Hall–Kier alpha value is -1.16. The molecule has 9 heteroatoms. The molecule has 1 fully saturated rings. The molecule has 2 aromatic heterocycles. The summed E-state index contributed by atoms with van der Waals surface area (Å²) in [6.07, 6.45) is 2.45. The Morgan fingerprint density at radius 2 is 2.29 bits per heavy atom. The average molecular weight is 330 g/mol. The van der Waals surface area contributed by atoms with Crippen LogP contribution < -0.4 is 5.32 Å². The fraction of sp³-hybridized carbons (Fsp3) is 0.583. The number of fused-ring (bicyclic) bond motifs is 1. The van der Waals surface area contributed by atoms with Gasteiger partial charge in [0.1, 0.15) is 0 Å². The Morgan fingerprint density at radius 3 is 3.10 bits per heavy atom. The van der Waals surface area contributed by atoms with Crippen LogP contribution in [0, 0.1) is 0 Å². The highest BCUT2D eigenvalue weighted by atomic mass is 32.2. The third kappa shape index (κ3) is 2.66. The molecule has 1 saturated heterocycles. The van der Waals surface area contributed by atoms with Crippen molar-refractivity contribution in [3.8, 4) is 0 Å². The van der Waals surface area contributed by atoms with Crippen molar-refractivity contribution < 1.29 is 13.2 Å². The SMILES string of the molecule is CCNc1nc2sccn2c1S(=O)(=O)N1CCCOCC1. The maximum Gasteiger partial charge on any atom is 0.262 e. The van der Waals surface area contributed by atoms with E-state index in [1.165, 1.54) is 15.6 Å². The van der Waals surface area contributed by atoms with Gasteiger partial charge in [-0.05, 0) is 13.3 Å². The van der Waals surface area contributed by atoms with Crippen molar-refractivity contribution in [1.29, 1.82) is 0 Å². The minimum atomic E-state index is -3.59. The molecule has 0 radical (unpaired) electrons. The summed E-state index contributed by atoms with van der Waals surface area (Å²) in [5.41, 5.74) is 0. The van der Waals surface area contributed by atoms with Gasteiger partial charge in [-0.15, -0.1) is 11.3 Å². The number of nitrogens with zero attached hydrogens (tertiary/aromatic N) is 3. The number of imidazole rings is 1. The van der Waals surface area contributed by atoms with Gasteiger partial charge in [-0.25, -0.2) is 13.4 Å². The third-order valence-electron chi connectivity index (χ3n) is 3.33. The highest BCUT2D eigenvalue weighted by Crippen LogP contribution is 2.28. The van der Waals surface area contributed by atoms with Crippen LogP contribution in [0.5, 0.6) is 0 Å². The van der Waals surface area contributed by atoms with Crippen LogP contribution in [-0.4, -0.2) is 55.0 Å². The highest BCUT2D eigenvalue weighted by molar-refractivity contribution is 7.89. The standard InChI is InChI=1S/C12H18N4O3S2/c1-2-13-10-11(16-6-9-20-12(16)14-10)21(17,18)15-4-3-7-19-8-5-15/h6,9,13H,2-5,7-8H2,1H3. The topological polar surface area (TPSA) is 75.9 Å². The van der Waals surface area contributed by atoms with Gasteiger partial charge < -0.3 is 10.1 Å².